The van der Waals surface area contributed by atoms with Gasteiger partial charge in [-0.15, -0.1) is 0 Å². The number of barbiturate groups is 1. The third-order valence-corrected chi connectivity index (χ3v) is 6.22. The van der Waals surface area contributed by atoms with Crippen LogP contribution in [0.1, 0.15) is 5.56 Å². The third kappa shape index (κ3) is 4.79. The van der Waals surface area contributed by atoms with Crippen LogP contribution in [0.3, 0.4) is 0 Å². The lowest BCUT2D eigenvalue weighted by atomic mass is 10.1. The molecule has 1 aromatic heterocycles. The van der Waals surface area contributed by atoms with E-state index in [4.69, 9.17) is 21.1 Å². The largest absolute Gasteiger partial charge is 0.493 e. The average Bonchev–Trinajstić information content (AvgIpc) is 3.25. The highest BCUT2D eigenvalue weighted by Gasteiger charge is 2.37. The molecule has 0 bridgehead atoms. The fourth-order valence-electron chi connectivity index (χ4n) is 4.20. The van der Waals surface area contributed by atoms with E-state index >= 15 is 0 Å². The Morgan fingerprint density at radius 2 is 1.62 bits per heavy atom. The van der Waals surface area contributed by atoms with Crippen LogP contribution < -0.4 is 19.7 Å². The van der Waals surface area contributed by atoms with E-state index in [0.29, 0.717) is 40.9 Å². The Balaban J connectivity index is 1.44. The van der Waals surface area contributed by atoms with E-state index in [1.807, 2.05) is 59.3 Å². The number of hydrogen-bond donors (Lipinski definition) is 1. The van der Waals surface area contributed by atoms with Gasteiger partial charge in [0.15, 0.2) is 11.5 Å². The van der Waals surface area contributed by atoms with Crippen molar-refractivity contribution in [3.8, 4) is 11.5 Å². The smallest absolute Gasteiger partial charge is 0.335 e. The molecular weight excluding hydrogens is 494 g/mol. The van der Waals surface area contributed by atoms with Gasteiger partial charge in [0.25, 0.3) is 11.8 Å². The van der Waals surface area contributed by atoms with Crippen molar-refractivity contribution in [2.75, 3.05) is 18.6 Å². The number of carbonyl (C=O) groups is 3. The monoisotopic (exact) mass is 515 g/mol. The molecule has 4 amide bonds. The number of aromatic nitrogens is 1. The highest BCUT2D eigenvalue weighted by molar-refractivity contribution is 6.39. The molecule has 1 N–H and O–H groups in total. The van der Waals surface area contributed by atoms with Gasteiger partial charge in [-0.3, -0.25) is 14.9 Å². The molecule has 2 heterocycles. The van der Waals surface area contributed by atoms with Gasteiger partial charge in [-0.2, -0.15) is 0 Å². The molecule has 37 heavy (non-hydrogen) atoms. The molecule has 3 aromatic carbocycles. The van der Waals surface area contributed by atoms with Crippen LogP contribution in [-0.2, 0) is 16.1 Å². The van der Waals surface area contributed by atoms with Crippen molar-refractivity contribution < 1.29 is 23.9 Å². The molecular formula is C28H22ClN3O5. The standard InChI is InChI=1S/C28H22ClN3O5/c1-36-24-8-4-5-9-25(24)37-15-14-31-17-18(21-6-2-3-7-23(21)31)16-22-26(33)30-28(35)32(27(22)34)20-12-10-19(29)11-13-20/h2-13,16-17H,14-15H2,1H3,(H,30,33,35)/b22-16-. The number of imide groups is 2. The number of carbonyl (C=O) groups excluding carboxylic acids is 3. The van der Waals surface area contributed by atoms with Crippen LogP contribution >= 0.6 is 11.6 Å². The van der Waals surface area contributed by atoms with Crippen LogP contribution in [0.2, 0.25) is 5.02 Å². The molecule has 9 heteroatoms. The van der Waals surface area contributed by atoms with Crippen LogP contribution in [0.5, 0.6) is 11.5 Å². The van der Waals surface area contributed by atoms with Crippen LogP contribution in [0.25, 0.3) is 17.0 Å². The predicted octanol–water partition coefficient (Wildman–Crippen LogP) is 5.05. The number of methoxy groups -OCH3 is 1. The van der Waals surface area contributed by atoms with E-state index in [2.05, 4.69) is 5.32 Å². The minimum absolute atomic E-state index is 0.150. The molecule has 0 spiro atoms. The number of nitrogens with one attached hydrogen (secondary N) is 1. The van der Waals surface area contributed by atoms with Crippen molar-refractivity contribution in [3.05, 3.63) is 95.2 Å². The Bertz CT molecular complexity index is 1540. The van der Waals surface area contributed by atoms with Gasteiger partial charge in [-0.25, -0.2) is 9.69 Å². The number of para-hydroxylation sites is 3. The summed E-state index contributed by atoms with van der Waals surface area (Å²) in [5.41, 5.74) is 1.73. The summed E-state index contributed by atoms with van der Waals surface area (Å²) in [6.07, 6.45) is 3.36. The van der Waals surface area contributed by atoms with Crippen molar-refractivity contribution in [2.24, 2.45) is 0 Å². The summed E-state index contributed by atoms with van der Waals surface area (Å²) in [6, 6.07) is 20.5. The van der Waals surface area contributed by atoms with Gasteiger partial charge < -0.3 is 14.0 Å². The zero-order chi connectivity index (χ0) is 25.9. The Hall–Kier alpha value is -4.56. The highest BCUT2D eigenvalue weighted by atomic mass is 35.5. The number of rotatable bonds is 7. The van der Waals surface area contributed by atoms with Gasteiger partial charge in [0.2, 0.25) is 0 Å². The van der Waals surface area contributed by atoms with Gasteiger partial charge in [0.05, 0.1) is 19.3 Å². The fourth-order valence-corrected chi connectivity index (χ4v) is 4.33. The van der Waals surface area contributed by atoms with Gasteiger partial charge in [-0.1, -0.05) is 41.9 Å². The lowest BCUT2D eigenvalue weighted by Gasteiger charge is -2.26. The van der Waals surface area contributed by atoms with Crippen molar-refractivity contribution in [3.63, 3.8) is 0 Å². The van der Waals surface area contributed by atoms with Gasteiger partial charge in [-0.05, 0) is 48.5 Å². The summed E-state index contributed by atoms with van der Waals surface area (Å²) in [5, 5.41) is 3.56. The van der Waals surface area contributed by atoms with E-state index in [1.165, 1.54) is 6.08 Å². The predicted molar refractivity (Wildman–Crippen MR) is 141 cm³/mol. The first-order chi connectivity index (χ1) is 18.0. The second kappa shape index (κ2) is 10.2. The molecule has 1 fully saturated rings. The molecule has 5 rings (SSSR count). The lowest BCUT2D eigenvalue weighted by Crippen LogP contribution is -2.54. The molecule has 1 saturated heterocycles. The molecule has 8 nitrogen and oxygen atoms in total. The summed E-state index contributed by atoms with van der Waals surface area (Å²) in [4.78, 5) is 39.4. The third-order valence-electron chi connectivity index (χ3n) is 5.96. The molecule has 0 unspecified atom stereocenters. The summed E-state index contributed by atoms with van der Waals surface area (Å²) < 4.78 is 13.3. The quantitative estimate of drug-likeness (QED) is 0.275. The molecule has 0 aliphatic carbocycles. The molecule has 186 valence electrons. The fraction of sp³-hybridized carbons (Fsp3) is 0.107. The molecule has 0 atom stereocenters. The number of benzene rings is 3. The van der Waals surface area contributed by atoms with E-state index in [-0.39, 0.29) is 5.57 Å². The molecule has 1 aliphatic heterocycles. The van der Waals surface area contributed by atoms with Crippen LogP contribution in [0.15, 0.2) is 84.6 Å². The maximum Gasteiger partial charge on any atom is 0.335 e. The van der Waals surface area contributed by atoms with Crippen LogP contribution in [0.4, 0.5) is 10.5 Å². The summed E-state index contributed by atoms with van der Waals surface area (Å²) in [5.74, 6) is -0.184. The summed E-state index contributed by atoms with van der Waals surface area (Å²) in [7, 11) is 1.59. The van der Waals surface area contributed by atoms with Gasteiger partial charge >= 0.3 is 6.03 Å². The Morgan fingerprint density at radius 3 is 2.38 bits per heavy atom. The van der Waals surface area contributed by atoms with E-state index in [0.717, 1.165) is 15.8 Å². The van der Waals surface area contributed by atoms with Crippen molar-refractivity contribution in [2.45, 2.75) is 6.54 Å². The average molecular weight is 516 g/mol. The zero-order valence-corrected chi connectivity index (χ0v) is 20.6. The Kier molecular flexibility index (Phi) is 6.66. The Morgan fingerprint density at radius 1 is 0.919 bits per heavy atom. The number of amides is 4. The SMILES string of the molecule is COc1ccccc1OCCn1cc(/C=C2/C(=O)NC(=O)N(c3ccc(Cl)cc3)C2=O)c2ccccc21. The second-order valence-electron chi connectivity index (χ2n) is 8.23. The number of ether oxygens (including phenoxy) is 2. The minimum Gasteiger partial charge on any atom is -0.493 e. The number of nitrogens with zero attached hydrogens (tertiary/aromatic N) is 2. The summed E-state index contributed by atoms with van der Waals surface area (Å²) >= 11 is 5.94. The van der Waals surface area contributed by atoms with Gasteiger partial charge in [0, 0.05) is 27.7 Å². The maximum atomic E-state index is 13.3. The molecule has 1 aliphatic rings. The number of hydrogen-bond acceptors (Lipinski definition) is 5. The number of urea groups is 1. The first-order valence-corrected chi connectivity index (χ1v) is 11.8. The van der Waals surface area contributed by atoms with Crippen LogP contribution in [0, 0.1) is 0 Å². The molecule has 0 radical (unpaired) electrons. The second-order valence-corrected chi connectivity index (χ2v) is 8.67. The van der Waals surface area contributed by atoms with E-state index < -0.39 is 17.8 Å². The minimum atomic E-state index is -0.814. The number of anilines is 1. The van der Waals surface area contributed by atoms with Crippen molar-refractivity contribution in [1.82, 2.24) is 9.88 Å². The first kappa shape index (κ1) is 24.1. The normalized spacial score (nSPS) is 14.8. The molecule has 0 saturated carbocycles. The van der Waals surface area contributed by atoms with E-state index in [1.54, 1.807) is 31.4 Å². The first-order valence-electron chi connectivity index (χ1n) is 11.5. The summed E-state index contributed by atoms with van der Waals surface area (Å²) in [6.45, 7) is 0.880. The van der Waals surface area contributed by atoms with E-state index in [9.17, 15) is 14.4 Å². The number of halogens is 1. The van der Waals surface area contributed by atoms with Crippen LogP contribution in [-0.4, -0.2) is 36.1 Å². The van der Waals surface area contributed by atoms with Crippen molar-refractivity contribution in [1.29, 1.82) is 0 Å². The highest BCUT2D eigenvalue weighted by Crippen LogP contribution is 2.28. The zero-order valence-electron chi connectivity index (χ0n) is 19.8. The molecule has 4 aromatic rings. The van der Waals surface area contributed by atoms with Gasteiger partial charge in [0.1, 0.15) is 12.2 Å². The Labute approximate surface area is 217 Å². The van der Waals surface area contributed by atoms with Crippen molar-refractivity contribution >= 4 is 52.1 Å². The lowest BCUT2D eigenvalue weighted by molar-refractivity contribution is -0.122. The topological polar surface area (TPSA) is 89.9 Å². The maximum absolute atomic E-state index is 13.3. The number of fused-ring (bicyclic) bond motifs is 1.